The zero-order chi connectivity index (χ0) is 19.4. The smallest absolute Gasteiger partial charge is 0.355 e. The highest BCUT2D eigenvalue weighted by Crippen LogP contribution is 2.30. The van der Waals surface area contributed by atoms with Crippen LogP contribution in [0, 0.1) is 0 Å². The van der Waals surface area contributed by atoms with E-state index in [4.69, 9.17) is 0 Å². The van der Waals surface area contributed by atoms with Gasteiger partial charge < -0.3 is 5.32 Å². The Hall–Kier alpha value is -2.03. The molecule has 1 aliphatic carbocycles. The number of alkyl halides is 3. The Morgan fingerprint density at radius 1 is 1.33 bits per heavy atom. The summed E-state index contributed by atoms with van der Waals surface area (Å²) >= 11 is 1.09. The number of rotatable bonds is 6. The fourth-order valence-electron chi connectivity index (χ4n) is 2.95. The minimum absolute atomic E-state index is 0.167. The summed E-state index contributed by atoms with van der Waals surface area (Å²) in [6, 6.07) is 2.23. The van der Waals surface area contributed by atoms with Gasteiger partial charge in [-0.15, -0.1) is 10.2 Å². The van der Waals surface area contributed by atoms with E-state index in [0.29, 0.717) is 12.2 Å². The molecule has 0 aliphatic heterocycles. The first kappa shape index (κ1) is 19.7. The van der Waals surface area contributed by atoms with Crippen LogP contribution in [0.15, 0.2) is 35.1 Å². The van der Waals surface area contributed by atoms with Crippen LogP contribution in [0.2, 0.25) is 0 Å². The number of thioether (sulfide) groups is 1. The minimum atomic E-state index is -4.45. The van der Waals surface area contributed by atoms with Gasteiger partial charge in [0.1, 0.15) is 0 Å². The van der Waals surface area contributed by atoms with Gasteiger partial charge in [0, 0.05) is 12.7 Å². The molecule has 0 radical (unpaired) electrons. The molecule has 27 heavy (non-hydrogen) atoms. The molecule has 2 aromatic rings. The number of halogens is 3. The standard InChI is InChI=1S/C18H21F3N4OS/c1-12(16(26)22-10-9-13-5-3-2-4-6-13)27-17-24-23-15-8-7-14(11-25(15)17)18(19,20)21/h5,7-8,11-12H,2-4,6,9-10H2,1H3,(H,22,26)/t12-/m0/s1. The molecule has 0 spiro atoms. The molecule has 0 saturated heterocycles. The van der Waals surface area contributed by atoms with Crippen molar-refractivity contribution >= 4 is 23.3 Å². The topological polar surface area (TPSA) is 59.3 Å². The second-order valence-corrected chi connectivity index (χ2v) is 7.84. The maximum atomic E-state index is 12.9. The van der Waals surface area contributed by atoms with Crippen LogP contribution in [0.25, 0.3) is 5.65 Å². The van der Waals surface area contributed by atoms with Crippen molar-refractivity contribution in [3.8, 4) is 0 Å². The Kier molecular flexibility index (Phi) is 6.08. The van der Waals surface area contributed by atoms with E-state index >= 15 is 0 Å². The summed E-state index contributed by atoms with van der Waals surface area (Å²) in [6.07, 6.45) is 4.22. The second kappa shape index (κ2) is 8.33. The van der Waals surface area contributed by atoms with E-state index in [9.17, 15) is 18.0 Å². The number of carbonyl (C=O) groups excluding carboxylic acids is 1. The predicted molar refractivity (Wildman–Crippen MR) is 97.5 cm³/mol. The number of carbonyl (C=O) groups is 1. The third-order valence-corrected chi connectivity index (χ3v) is 5.54. The Balaban J connectivity index is 1.60. The molecule has 2 heterocycles. The number of amides is 1. The zero-order valence-corrected chi connectivity index (χ0v) is 15.7. The summed E-state index contributed by atoms with van der Waals surface area (Å²) in [5.41, 5.74) is 0.904. The molecule has 0 fully saturated rings. The van der Waals surface area contributed by atoms with Gasteiger partial charge in [0.15, 0.2) is 10.8 Å². The molecule has 5 nitrogen and oxygen atoms in total. The number of fused-ring (bicyclic) bond motifs is 1. The van der Waals surface area contributed by atoms with Gasteiger partial charge in [-0.2, -0.15) is 13.2 Å². The van der Waals surface area contributed by atoms with Crippen molar-refractivity contribution in [2.75, 3.05) is 6.54 Å². The van der Waals surface area contributed by atoms with Crippen molar-refractivity contribution in [3.05, 3.63) is 35.5 Å². The van der Waals surface area contributed by atoms with Crippen molar-refractivity contribution in [2.24, 2.45) is 0 Å². The number of hydrogen-bond acceptors (Lipinski definition) is 4. The van der Waals surface area contributed by atoms with Gasteiger partial charge in [0.2, 0.25) is 5.91 Å². The summed E-state index contributed by atoms with van der Waals surface area (Å²) in [5, 5.41) is 10.4. The first-order chi connectivity index (χ1) is 12.8. The fourth-order valence-corrected chi connectivity index (χ4v) is 3.81. The average Bonchev–Trinajstić information content (AvgIpc) is 3.04. The Labute approximate surface area is 159 Å². The number of hydrogen-bond donors (Lipinski definition) is 1. The highest BCUT2D eigenvalue weighted by Gasteiger charge is 2.31. The van der Waals surface area contributed by atoms with Gasteiger partial charge in [-0.3, -0.25) is 9.20 Å². The number of nitrogens with zero attached hydrogens (tertiary/aromatic N) is 3. The third kappa shape index (κ3) is 5.03. The maximum absolute atomic E-state index is 12.9. The van der Waals surface area contributed by atoms with Gasteiger partial charge in [0.05, 0.1) is 10.8 Å². The quantitative estimate of drug-likeness (QED) is 0.584. The molecule has 9 heteroatoms. The van der Waals surface area contributed by atoms with Gasteiger partial charge in [-0.1, -0.05) is 23.4 Å². The second-order valence-electron chi connectivity index (χ2n) is 6.54. The molecular weight excluding hydrogens is 377 g/mol. The minimum Gasteiger partial charge on any atom is -0.355 e. The highest BCUT2D eigenvalue weighted by atomic mass is 32.2. The van der Waals surface area contributed by atoms with Crippen LogP contribution in [0.4, 0.5) is 13.2 Å². The lowest BCUT2D eigenvalue weighted by Crippen LogP contribution is -2.32. The molecule has 1 aliphatic rings. The van der Waals surface area contributed by atoms with E-state index in [1.165, 1.54) is 28.9 Å². The van der Waals surface area contributed by atoms with Crippen LogP contribution in [0.5, 0.6) is 0 Å². The largest absolute Gasteiger partial charge is 0.417 e. The van der Waals surface area contributed by atoms with Crippen LogP contribution in [0.3, 0.4) is 0 Å². The van der Waals surface area contributed by atoms with Crippen molar-refractivity contribution in [1.29, 1.82) is 0 Å². The van der Waals surface area contributed by atoms with Crippen molar-refractivity contribution in [3.63, 3.8) is 0 Å². The Morgan fingerprint density at radius 3 is 2.85 bits per heavy atom. The highest BCUT2D eigenvalue weighted by molar-refractivity contribution is 8.00. The van der Waals surface area contributed by atoms with E-state index in [1.807, 2.05) is 0 Å². The fraction of sp³-hybridized carbons (Fsp3) is 0.500. The van der Waals surface area contributed by atoms with Crippen LogP contribution in [-0.4, -0.2) is 32.3 Å². The molecule has 0 unspecified atom stereocenters. The van der Waals surface area contributed by atoms with Crippen LogP contribution >= 0.6 is 11.8 Å². The summed E-state index contributed by atoms with van der Waals surface area (Å²) < 4.78 is 40.0. The van der Waals surface area contributed by atoms with Gasteiger partial charge >= 0.3 is 6.18 Å². The first-order valence-electron chi connectivity index (χ1n) is 8.89. The van der Waals surface area contributed by atoms with Crippen LogP contribution < -0.4 is 5.32 Å². The normalized spacial score (nSPS) is 16.2. The number of aromatic nitrogens is 3. The van der Waals surface area contributed by atoms with E-state index in [-0.39, 0.29) is 11.1 Å². The Morgan fingerprint density at radius 2 is 2.15 bits per heavy atom. The monoisotopic (exact) mass is 398 g/mol. The molecule has 3 rings (SSSR count). The molecule has 146 valence electrons. The average molecular weight is 398 g/mol. The van der Waals surface area contributed by atoms with E-state index in [1.54, 1.807) is 6.92 Å². The summed E-state index contributed by atoms with van der Waals surface area (Å²) in [4.78, 5) is 12.3. The number of allylic oxidation sites excluding steroid dienone is 1. The van der Waals surface area contributed by atoms with Crippen molar-refractivity contribution < 1.29 is 18.0 Å². The third-order valence-electron chi connectivity index (χ3n) is 4.48. The first-order valence-corrected chi connectivity index (χ1v) is 9.77. The molecule has 1 amide bonds. The number of pyridine rings is 1. The summed E-state index contributed by atoms with van der Waals surface area (Å²) in [7, 11) is 0. The van der Waals surface area contributed by atoms with Crippen LogP contribution in [-0.2, 0) is 11.0 Å². The lowest BCUT2D eigenvalue weighted by atomic mass is 9.97. The molecule has 0 bridgehead atoms. The zero-order valence-electron chi connectivity index (χ0n) is 14.9. The lowest BCUT2D eigenvalue weighted by Gasteiger charge is -2.14. The number of nitrogens with one attached hydrogen (secondary N) is 1. The lowest BCUT2D eigenvalue weighted by molar-refractivity contribution is -0.137. The molecule has 2 aromatic heterocycles. The molecule has 1 atom stereocenters. The molecule has 0 saturated carbocycles. The predicted octanol–water partition coefficient (Wildman–Crippen LogP) is 4.24. The van der Waals surface area contributed by atoms with E-state index < -0.39 is 17.0 Å². The van der Waals surface area contributed by atoms with E-state index in [0.717, 1.165) is 43.3 Å². The van der Waals surface area contributed by atoms with Crippen molar-refractivity contribution in [2.45, 2.75) is 55.6 Å². The molecule has 0 aromatic carbocycles. The summed E-state index contributed by atoms with van der Waals surface area (Å²) in [6.45, 7) is 2.27. The Bertz CT molecular complexity index is 847. The maximum Gasteiger partial charge on any atom is 0.417 e. The SMILES string of the molecule is C[C@H](Sc1nnc2ccc(C(F)(F)F)cn12)C(=O)NCCC1=CCCCC1. The molecular formula is C18H21F3N4OS. The summed E-state index contributed by atoms with van der Waals surface area (Å²) in [5.74, 6) is -0.167. The molecule has 1 N–H and O–H groups in total. The van der Waals surface area contributed by atoms with Crippen LogP contribution in [0.1, 0.15) is 44.6 Å². The van der Waals surface area contributed by atoms with Gasteiger partial charge in [-0.05, 0) is 51.2 Å². The van der Waals surface area contributed by atoms with Gasteiger partial charge in [0.25, 0.3) is 0 Å². The van der Waals surface area contributed by atoms with Gasteiger partial charge in [-0.25, -0.2) is 0 Å². The van der Waals surface area contributed by atoms with E-state index in [2.05, 4.69) is 21.6 Å². The van der Waals surface area contributed by atoms with Crippen molar-refractivity contribution in [1.82, 2.24) is 19.9 Å².